The van der Waals surface area contributed by atoms with Gasteiger partial charge in [-0.1, -0.05) is 0 Å². The number of hydrogen-bond donors (Lipinski definition) is 3. The molecule has 8 nitrogen and oxygen atoms in total. The van der Waals surface area contributed by atoms with Gasteiger partial charge in [0.15, 0.2) is 0 Å². The number of quaternary nitrogens is 1. The fourth-order valence-electron chi connectivity index (χ4n) is 1.69. The summed E-state index contributed by atoms with van der Waals surface area (Å²) in [4.78, 5) is 21.1. The van der Waals surface area contributed by atoms with Crippen LogP contribution >= 0.6 is 0 Å². The largest absolute Gasteiger partial charge is 0.623 e. The van der Waals surface area contributed by atoms with Crippen molar-refractivity contribution in [2.75, 3.05) is 11.5 Å². The Bertz CT molecular complexity index is 617. The van der Waals surface area contributed by atoms with Crippen LogP contribution in [0.2, 0.25) is 0 Å². The van der Waals surface area contributed by atoms with Crippen LogP contribution in [0, 0.1) is 15.0 Å². The van der Waals surface area contributed by atoms with E-state index in [2.05, 4.69) is 10.4 Å². The molecule has 20 heavy (non-hydrogen) atoms. The smallest absolute Gasteiger partial charge is 0.138 e. The van der Waals surface area contributed by atoms with Crippen molar-refractivity contribution in [1.82, 2.24) is 0 Å². The molecular weight excluding hydrogens is 262 g/mol. The van der Waals surface area contributed by atoms with Gasteiger partial charge in [-0.15, -0.1) is 9.81 Å². The standard InChI is InChI=1S/C12H11N5O3/c13-9-3-1-7(5-11(9)15-18)17(20)8-2-4-10(14)12(6-8)16-19/h1-6,17H,13-14H2. The second kappa shape index (κ2) is 5.43. The predicted octanol–water partition coefficient (Wildman–Crippen LogP) is 1.99. The van der Waals surface area contributed by atoms with Crippen molar-refractivity contribution < 1.29 is 5.06 Å². The van der Waals surface area contributed by atoms with Crippen LogP contribution in [0.1, 0.15) is 0 Å². The van der Waals surface area contributed by atoms with Crippen molar-refractivity contribution in [2.24, 2.45) is 10.4 Å². The van der Waals surface area contributed by atoms with Crippen molar-refractivity contribution in [2.45, 2.75) is 0 Å². The Morgan fingerprint density at radius 3 is 1.60 bits per heavy atom. The molecule has 0 aliphatic carbocycles. The van der Waals surface area contributed by atoms with Gasteiger partial charge < -0.3 is 21.7 Å². The Morgan fingerprint density at radius 1 is 0.850 bits per heavy atom. The highest BCUT2D eigenvalue weighted by Crippen LogP contribution is 2.27. The molecule has 0 aromatic heterocycles. The van der Waals surface area contributed by atoms with E-state index in [1.807, 2.05) is 0 Å². The van der Waals surface area contributed by atoms with Gasteiger partial charge in [0, 0.05) is 24.3 Å². The monoisotopic (exact) mass is 273 g/mol. The first-order valence-electron chi connectivity index (χ1n) is 5.57. The van der Waals surface area contributed by atoms with Crippen LogP contribution in [-0.4, -0.2) is 0 Å². The van der Waals surface area contributed by atoms with E-state index in [-0.39, 0.29) is 39.2 Å². The average molecular weight is 273 g/mol. The molecule has 0 bridgehead atoms. The minimum Gasteiger partial charge on any atom is -0.623 e. The maximum absolute atomic E-state index is 12.2. The van der Waals surface area contributed by atoms with E-state index in [0.29, 0.717) is 0 Å². The van der Waals surface area contributed by atoms with Gasteiger partial charge in [0.1, 0.15) is 22.7 Å². The molecule has 0 saturated carbocycles. The Hall–Kier alpha value is -2.84. The summed E-state index contributed by atoms with van der Waals surface area (Å²) in [6, 6.07) is 8.35. The Labute approximate surface area is 113 Å². The summed E-state index contributed by atoms with van der Waals surface area (Å²) >= 11 is 0. The second-order valence-electron chi connectivity index (χ2n) is 4.06. The maximum Gasteiger partial charge on any atom is 0.138 e. The molecule has 0 unspecified atom stereocenters. The lowest BCUT2D eigenvalue weighted by atomic mass is 10.2. The van der Waals surface area contributed by atoms with Crippen LogP contribution in [0.4, 0.5) is 34.1 Å². The first-order valence-corrected chi connectivity index (χ1v) is 5.57. The van der Waals surface area contributed by atoms with Crippen LogP contribution in [0.25, 0.3) is 0 Å². The van der Waals surface area contributed by atoms with Gasteiger partial charge in [0.05, 0.1) is 11.4 Å². The van der Waals surface area contributed by atoms with Gasteiger partial charge in [-0.25, -0.2) is 0 Å². The average Bonchev–Trinajstić information content (AvgIpc) is 2.47. The molecule has 2 aromatic carbocycles. The summed E-state index contributed by atoms with van der Waals surface area (Å²) in [5.41, 5.74) is 11.9. The SMILES string of the molecule is Nc1ccc([NH+]([O-])c2ccc(N)c(N=O)c2)cc1N=O. The van der Waals surface area contributed by atoms with Gasteiger partial charge in [-0.3, -0.25) is 0 Å². The third-order valence-electron chi connectivity index (χ3n) is 2.78. The zero-order chi connectivity index (χ0) is 14.7. The number of nitrogens with zero attached hydrogens (tertiary/aromatic N) is 2. The van der Waals surface area contributed by atoms with Gasteiger partial charge in [-0.2, -0.15) is 0 Å². The predicted molar refractivity (Wildman–Crippen MR) is 76.3 cm³/mol. The van der Waals surface area contributed by atoms with Crippen molar-refractivity contribution in [3.63, 3.8) is 0 Å². The molecule has 0 atom stereocenters. The molecule has 2 rings (SSSR count). The summed E-state index contributed by atoms with van der Waals surface area (Å²) in [6.07, 6.45) is 0. The van der Waals surface area contributed by atoms with Gasteiger partial charge in [0.25, 0.3) is 0 Å². The molecule has 0 heterocycles. The fourth-order valence-corrected chi connectivity index (χ4v) is 1.69. The molecule has 0 saturated heterocycles. The van der Waals surface area contributed by atoms with E-state index in [0.717, 1.165) is 0 Å². The topological polar surface area (TPSA) is 138 Å². The Balaban J connectivity index is 2.42. The molecule has 0 spiro atoms. The van der Waals surface area contributed by atoms with Crippen LogP contribution in [-0.2, 0) is 0 Å². The normalized spacial score (nSPS) is 10.5. The fraction of sp³-hybridized carbons (Fsp3) is 0. The Morgan fingerprint density at radius 2 is 1.25 bits per heavy atom. The first-order chi connectivity index (χ1) is 9.56. The minimum absolute atomic E-state index is 0.0139. The van der Waals surface area contributed by atoms with E-state index in [4.69, 9.17) is 11.5 Å². The third kappa shape index (κ3) is 2.46. The third-order valence-corrected chi connectivity index (χ3v) is 2.78. The number of benzene rings is 2. The number of nitroso groups, excluding NO2 is 2. The molecule has 0 aliphatic heterocycles. The summed E-state index contributed by atoms with van der Waals surface area (Å²) in [7, 11) is 0. The van der Waals surface area contributed by atoms with Crippen molar-refractivity contribution in [3.05, 3.63) is 51.4 Å². The second-order valence-corrected chi connectivity index (χ2v) is 4.06. The van der Waals surface area contributed by atoms with Gasteiger partial charge in [-0.05, 0) is 22.5 Å². The number of nitrogen functional groups attached to an aromatic ring is 2. The lowest BCUT2D eigenvalue weighted by Crippen LogP contribution is -2.96. The lowest BCUT2D eigenvalue weighted by molar-refractivity contribution is -0.698. The quantitative estimate of drug-likeness (QED) is 0.444. The molecular formula is C12H11N5O3. The highest BCUT2D eigenvalue weighted by Gasteiger charge is 2.12. The summed E-state index contributed by atoms with van der Waals surface area (Å²) in [5.74, 6) is 0. The van der Waals surface area contributed by atoms with E-state index < -0.39 is 0 Å². The van der Waals surface area contributed by atoms with E-state index >= 15 is 0 Å². The van der Waals surface area contributed by atoms with Gasteiger partial charge >= 0.3 is 0 Å². The molecule has 102 valence electrons. The molecule has 5 N–H and O–H groups in total. The highest BCUT2D eigenvalue weighted by molar-refractivity contribution is 5.68. The zero-order valence-electron chi connectivity index (χ0n) is 10.2. The highest BCUT2D eigenvalue weighted by atomic mass is 16.5. The first kappa shape index (κ1) is 13.6. The number of nitrogens with one attached hydrogen (secondary N) is 1. The van der Waals surface area contributed by atoms with Gasteiger partial charge in [0.2, 0.25) is 0 Å². The molecule has 8 heteroatoms. The molecule has 0 amide bonds. The maximum atomic E-state index is 12.2. The zero-order valence-corrected chi connectivity index (χ0v) is 10.2. The van der Waals surface area contributed by atoms with Crippen molar-refractivity contribution >= 4 is 34.1 Å². The number of anilines is 2. The summed E-state index contributed by atoms with van der Waals surface area (Å²) in [6.45, 7) is 0. The van der Waals surface area contributed by atoms with Crippen molar-refractivity contribution in [3.8, 4) is 0 Å². The van der Waals surface area contributed by atoms with Crippen LogP contribution in [0.15, 0.2) is 46.8 Å². The molecule has 0 fully saturated rings. The van der Waals surface area contributed by atoms with E-state index in [1.165, 1.54) is 36.4 Å². The van der Waals surface area contributed by atoms with Crippen molar-refractivity contribution in [1.29, 1.82) is 0 Å². The van der Waals surface area contributed by atoms with E-state index in [9.17, 15) is 15.0 Å². The van der Waals surface area contributed by atoms with Crippen LogP contribution in [0.3, 0.4) is 0 Å². The molecule has 0 radical (unpaired) electrons. The lowest BCUT2D eigenvalue weighted by Gasteiger charge is -2.21. The van der Waals surface area contributed by atoms with E-state index in [1.54, 1.807) is 0 Å². The summed E-state index contributed by atoms with van der Waals surface area (Å²) in [5, 5.41) is 17.3. The number of hydrogen-bond acceptors (Lipinski definition) is 7. The number of rotatable bonds is 4. The molecule has 2 aromatic rings. The Kier molecular flexibility index (Phi) is 3.69. The summed E-state index contributed by atoms with van der Waals surface area (Å²) < 4.78 is 0. The molecule has 0 aliphatic rings. The van der Waals surface area contributed by atoms with Crippen LogP contribution in [0.5, 0.6) is 0 Å². The minimum atomic E-state index is -0.389. The number of nitrogens with two attached hydrogens (primary N) is 2. The van der Waals surface area contributed by atoms with Crippen LogP contribution < -0.4 is 16.5 Å².